The van der Waals surface area contributed by atoms with Gasteiger partial charge in [-0.1, -0.05) is 23.7 Å². The Morgan fingerprint density at radius 3 is 2.94 bits per heavy atom. The van der Waals surface area contributed by atoms with Crippen molar-refractivity contribution in [2.45, 2.75) is 12.8 Å². The van der Waals surface area contributed by atoms with E-state index in [1.54, 1.807) is 30.1 Å². The molecular weight excluding hydrogens is 236 g/mol. The van der Waals surface area contributed by atoms with Crippen molar-refractivity contribution in [2.75, 3.05) is 19.3 Å². The van der Waals surface area contributed by atoms with Gasteiger partial charge in [0, 0.05) is 13.6 Å². The smallest absolute Gasteiger partial charge is 0.255 e. The predicted molar refractivity (Wildman–Crippen MR) is 72.3 cm³/mol. The number of hydrogen-bond acceptors (Lipinski definition) is 2. The monoisotopic (exact) mass is 252 g/mol. The van der Waals surface area contributed by atoms with Gasteiger partial charge in [-0.3, -0.25) is 4.79 Å². The molecule has 1 rings (SSSR count). The number of carbonyl (C=O) groups excluding carboxylic acids is 1. The molecular formula is C13H17ClN2O. The lowest BCUT2D eigenvalue weighted by molar-refractivity contribution is 0.0794. The molecule has 0 aromatic heterocycles. The fourth-order valence-electron chi connectivity index (χ4n) is 1.49. The van der Waals surface area contributed by atoms with Crippen LogP contribution in [0.4, 0.5) is 5.69 Å². The minimum atomic E-state index is -0.105. The van der Waals surface area contributed by atoms with Gasteiger partial charge in [-0.15, -0.1) is 6.58 Å². The van der Waals surface area contributed by atoms with Gasteiger partial charge in [0.15, 0.2) is 0 Å². The molecule has 1 amide bonds. The molecule has 0 atom stereocenters. The van der Waals surface area contributed by atoms with Crippen LogP contribution in [0.25, 0.3) is 0 Å². The molecule has 0 fully saturated rings. The third-order valence-corrected chi connectivity index (χ3v) is 2.93. The maximum absolute atomic E-state index is 12.1. The number of halogens is 1. The summed E-state index contributed by atoms with van der Waals surface area (Å²) in [5, 5.41) is 0.327. The van der Waals surface area contributed by atoms with E-state index in [1.165, 1.54) is 0 Å². The van der Waals surface area contributed by atoms with Crippen LogP contribution < -0.4 is 5.73 Å². The lowest BCUT2D eigenvalue weighted by Crippen LogP contribution is -2.28. The standard InChI is InChI=1S/C13H17ClN2O/c1-3-4-5-9-16(2)13(17)10-7-6-8-11(15)12(10)14/h3,6-8H,1,4-5,9,15H2,2H3. The maximum Gasteiger partial charge on any atom is 0.255 e. The highest BCUT2D eigenvalue weighted by atomic mass is 35.5. The molecule has 0 bridgehead atoms. The van der Waals surface area contributed by atoms with Crippen LogP contribution in [-0.2, 0) is 0 Å². The number of nitrogen functional groups attached to an aromatic ring is 1. The molecule has 3 nitrogen and oxygen atoms in total. The van der Waals surface area contributed by atoms with E-state index >= 15 is 0 Å². The Balaban J connectivity index is 2.75. The molecule has 0 spiro atoms. The van der Waals surface area contributed by atoms with E-state index in [2.05, 4.69) is 6.58 Å². The molecule has 0 aliphatic rings. The van der Waals surface area contributed by atoms with Gasteiger partial charge in [0.1, 0.15) is 0 Å². The van der Waals surface area contributed by atoms with E-state index in [4.69, 9.17) is 17.3 Å². The van der Waals surface area contributed by atoms with E-state index < -0.39 is 0 Å². The van der Waals surface area contributed by atoms with E-state index in [0.29, 0.717) is 22.8 Å². The van der Waals surface area contributed by atoms with Crippen molar-refractivity contribution in [3.63, 3.8) is 0 Å². The third-order valence-electron chi connectivity index (χ3n) is 2.51. The number of allylic oxidation sites excluding steroid dienone is 1. The Morgan fingerprint density at radius 2 is 2.29 bits per heavy atom. The predicted octanol–water partition coefficient (Wildman–Crippen LogP) is 2.96. The van der Waals surface area contributed by atoms with Gasteiger partial charge in [-0.25, -0.2) is 0 Å². The van der Waals surface area contributed by atoms with Crippen molar-refractivity contribution < 1.29 is 4.79 Å². The number of anilines is 1. The van der Waals surface area contributed by atoms with Crippen LogP contribution in [0, 0.1) is 0 Å². The number of amides is 1. The van der Waals surface area contributed by atoms with Crippen molar-refractivity contribution in [1.82, 2.24) is 4.90 Å². The molecule has 0 saturated carbocycles. The summed E-state index contributed by atoms with van der Waals surface area (Å²) in [5.74, 6) is -0.105. The zero-order valence-corrected chi connectivity index (χ0v) is 10.7. The maximum atomic E-state index is 12.1. The van der Waals surface area contributed by atoms with E-state index in [1.807, 2.05) is 6.08 Å². The molecule has 1 aromatic rings. The molecule has 0 aliphatic heterocycles. The molecule has 2 N–H and O–H groups in total. The molecule has 0 aliphatic carbocycles. The first-order valence-corrected chi connectivity index (χ1v) is 5.86. The Morgan fingerprint density at radius 1 is 1.59 bits per heavy atom. The Hall–Kier alpha value is -1.48. The lowest BCUT2D eigenvalue weighted by atomic mass is 10.1. The first-order chi connectivity index (χ1) is 8.07. The number of carbonyl (C=O) groups is 1. The van der Waals surface area contributed by atoms with Gasteiger partial charge in [-0.05, 0) is 25.0 Å². The summed E-state index contributed by atoms with van der Waals surface area (Å²) in [6.07, 6.45) is 3.62. The molecule has 1 aromatic carbocycles. The van der Waals surface area contributed by atoms with Crippen molar-refractivity contribution in [2.24, 2.45) is 0 Å². The van der Waals surface area contributed by atoms with Crippen LogP contribution in [0.1, 0.15) is 23.2 Å². The molecule has 0 saturated heterocycles. The average molecular weight is 253 g/mol. The van der Waals surface area contributed by atoms with Gasteiger partial charge in [0.25, 0.3) is 5.91 Å². The molecule has 17 heavy (non-hydrogen) atoms. The summed E-state index contributed by atoms with van der Waals surface area (Å²) in [6, 6.07) is 5.09. The van der Waals surface area contributed by atoms with Crippen LogP contribution in [0.5, 0.6) is 0 Å². The zero-order chi connectivity index (χ0) is 12.8. The van der Waals surface area contributed by atoms with Gasteiger partial charge >= 0.3 is 0 Å². The number of hydrogen-bond donors (Lipinski definition) is 1. The highest BCUT2D eigenvalue weighted by molar-refractivity contribution is 6.36. The first kappa shape index (κ1) is 13.6. The fraction of sp³-hybridized carbons (Fsp3) is 0.308. The van der Waals surface area contributed by atoms with E-state index in [0.717, 1.165) is 12.8 Å². The first-order valence-electron chi connectivity index (χ1n) is 5.48. The van der Waals surface area contributed by atoms with Crippen LogP contribution in [0.2, 0.25) is 5.02 Å². The second-order valence-corrected chi connectivity index (χ2v) is 4.24. The molecule has 92 valence electrons. The molecule has 4 heteroatoms. The topological polar surface area (TPSA) is 46.3 Å². The van der Waals surface area contributed by atoms with Crippen molar-refractivity contribution >= 4 is 23.2 Å². The van der Waals surface area contributed by atoms with Crippen molar-refractivity contribution in [3.05, 3.63) is 41.4 Å². The largest absolute Gasteiger partial charge is 0.398 e. The number of nitrogens with two attached hydrogens (primary N) is 1. The van der Waals surface area contributed by atoms with E-state index in [-0.39, 0.29) is 5.91 Å². The highest BCUT2D eigenvalue weighted by Crippen LogP contribution is 2.24. The quantitative estimate of drug-likeness (QED) is 0.498. The minimum absolute atomic E-state index is 0.105. The molecule has 0 radical (unpaired) electrons. The van der Waals surface area contributed by atoms with Gasteiger partial charge in [-0.2, -0.15) is 0 Å². The fourth-order valence-corrected chi connectivity index (χ4v) is 1.70. The van der Waals surface area contributed by atoms with Gasteiger partial charge in [0.2, 0.25) is 0 Å². The summed E-state index contributed by atoms with van der Waals surface area (Å²) in [5.41, 5.74) is 6.54. The third kappa shape index (κ3) is 3.49. The summed E-state index contributed by atoms with van der Waals surface area (Å²) in [6.45, 7) is 4.32. The summed E-state index contributed by atoms with van der Waals surface area (Å²) in [4.78, 5) is 13.7. The van der Waals surface area contributed by atoms with Crippen LogP contribution >= 0.6 is 11.6 Å². The molecule has 0 unspecified atom stereocenters. The number of nitrogens with zero attached hydrogens (tertiary/aromatic N) is 1. The highest BCUT2D eigenvalue weighted by Gasteiger charge is 2.15. The van der Waals surface area contributed by atoms with Crippen LogP contribution in [0.15, 0.2) is 30.9 Å². The second kappa shape index (κ2) is 6.30. The van der Waals surface area contributed by atoms with E-state index in [9.17, 15) is 4.79 Å². The number of benzene rings is 1. The Bertz CT molecular complexity index is 418. The van der Waals surface area contributed by atoms with Gasteiger partial charge in [0.05, 0.1) is 16.3 Å². The minimum Gasteiger partial charge on any atom is -0.398 e. The Labute approximate surface area is 107 Å². The van der Waals surface area contributed by atoms with Crippen molar-refractivity contribution in [3.8, 4) is 0 Å². The SMILES string of the molecule is C=CCCCN(C)C(=O)c1cccc(N)c1Cl. The second-order valence-electron chi connectivity index (χ2n) is 3.87. The Kier molecular flexibility index (Phi) is 5.04. The summed E-state index contributed by atoms with van der Waals surface area (Å²) in [7, 11) is 1.75. The average Bonchev–Trinajstić information content (AvgIpc) is 2.32. The number of unbranched alkanes of at least 4 members (excludes halogenated alkanes) is 1. The van der Waals surface area contributed by atoms with Crippen LogP contribution in [-0.4, -0.2) is 24.4 Å². The normalized spacial score (nSPS) is 10.0. The summed E-state index contributed by atoms with van der Waals surface area (Å²) >= 11 is 6.00. The molecule has 0 heterocycles. The zero-order valence-electron chi connectivity index (χ0n) is 9.95. The van der Waals surface area contributed by atoms with Crippen molar-refractivity contribution in [1.29, 1.82) is 0 Å². The lowest BCUT2D eigenvalue weighted by Gasteiger charge is -2.17. The van der Waals surface area contributed by atoms with Crippen LogP contribution in [0.3, 0.4) is 0 Å². The summed E-state index contributed by atoms with van der Waals surface area (Å²) < 4.78 is 0. The number of rotatable bonds is 5. The van der Waals surface area contributed by atoms with Gasteiger partial charge < -0.3 is 10.6 Å².